The molecular formula is C24H28N6O3. The number of hydrogen-bond donors (Lipinski definition) is 0. The highest BCUT2D eigenvalue weighted by Crippen LogP contribution is 2.28. The summed E-state index contributed by atoms with van der Waals surface area (Å²) in [5.41, 5.74) is 3.27. The van der Waals surface area contributed by atoms with E-state index < -0.39 is 0 Å². The number of rotatable bonds is 4. The average Bonchev–Trinajstić information content (AvgIpc) is 2.88. The van der Waals surface area contributed by atoms with Crippen molar-refractivity contribution >= 4 is 29.8 Å². The van der Waals surface area contributed by atoms with Crippen LogP contribution in [0, 0.1) is 0 Å². The Labute approximate surface area is 193 Å². The minimum absolute atomic E-state index is 0.0794. The molecule has 0 spiro atoms. The summed E-state index contributed by atoms with van der Waals surface area (Å²) in [5, 5.41) is 0. The lowest BCUT2D eigenvalue weighted by Gasteiger charge is -2.26. The van der Waals surface area contributed by atoms with Crippen LogP contribution in [0.1, 0.15) is 30.4 Å². The molecule has 0 aromatic carbocycles. The van der Waals surface area contributed by atoms with Gasteiger partial charge in [0, 0.05) is 73.2 Å². The van der Waals surface area contributed by atoms with Crippen molar-refractivity contribution in [2.75, 3.05) is 62.4 Å². The second-order valence-corrected chi connectivity index (χ2v) is 8.35. The fraction of sp³-hybridized carbons (Fsp3) is 0.458. The maximum atomic E-state index is 13.1. The number of allylic oxidation sites excluding steroid dienone is 2. The van der Waals surface area contributed by atoms with E-state index in [9.17, 15) is 4.79 Å². The van der Waals surface area contributed by atoms with Gasteiger partial charge in [-0.25, -0.2) is 19.9 Å². The fourth-order valence-electron chi connectivity index (χ4n) is 4.25. The molecule has 1 aliphatic carbocycles. The van der Waals surface area contributed by atoms with Gasteiger partial charge < -0.3 is 19.3 Å². The first kappa shape index (κ1) is 21.7. The minimum Gasteiger partial charge on any atom is -0.378 e. The highest BCUT2D eigenvalue weighted by molar-refractivity contribution is 6.13. The van der Waals surface area contributed by atoms with Crippen LogP contribution in [0.3, 0.4) is 0 Å². The smallest absolute Gasteiger partial charge is 0.225 e. The standard InChI is InChI=1S/C24H28N6O3/c31-22-20(12-18-14-25-23(26-15-18)29-4-8-32-9-5-29)2-1-3-21(22)13-19-16-27-24(28-17-19)30-6-10-33-11-7-30/h12-17H,1-11H2/b20-12-,21-13+. The summed E-state index contributed by atoms with van der Waals surface area (Å²) >= 11 is 0. The molecule has 3 aliphatic rings. The van der Waals surface area contributed by atoms with E-state index in [1.54, 1.807) is 24.8 Å². The van der Waals surface area contributed by atoms with Crippen molar-refractivity contribution in [3.8, 4) is 0 Å². The van der Waals surface area contributed by atoms with Crippen LogP contribution in [0.4, 0.5) is 11.9 Å². The lowest BCUT2D eigenvalue weighted by atomic mass is 9.87. The number of nitrogens with zero attached hydrogens (tertiary/aromatic N) is 6. The number of ether oxygens (including phenoxy) is 2. The molecule has 2 aliphatic heterocycles. The molecule has 9 nitrogen and oxygen atoms in total. The number of hydrogen-bond acceptors (Lipinski definition) is 9. The molecule has 172 valence electrons. The van der Waals surface area contributed by atoms with Crippen molar-refractivity contribution in [1.29, 1.82) is 0 Å². The van der Waals surface area contributed by atoms with Gasteiger partial charge in [0.25, 0.3) is 0 Å². The molecule has 9 heteroatoms. The van der Waals surface area contributed by atoms with Crippen molar-refractivity contribution in [1.82, 2.24) is 19.9 Å². The number of morpholine rings is 2. The van der Waals surface area contributed by atoms with Gasteiger partial charge in [0.2, 0.25) is 11.9 Å². The molecule has 0 radical (unpaired) electrons. The van der Waals surface area contributed by atoms with Gasteiger partial charge in [0.1, 0.15) is 0 Å². The molecule has 2 aromatic rings. The molecule has 0 atom stereocenters. The van der Waals surface area contributed by atoms with Crippen LogP contribution in [0.25, 0.3) is 12.2 Å². The van der Waals surface area contributed by atoms with E-state index in [1.165, 1.54) is 0 Å². The monoisotopic (exact) mass is 448 g/mol. The van der Waals surface area contributed by atoms with Crippen LogP contribution in [-0.2, 0) is 14.3 Å². The van der Waals surface area contributed by atoms with Crippen LogP contribution in [0.5, 0.6) is 0 Å². The molecular weight excluding hydrogens is 420 g/mol. The minimum atomic E-state index is 0.0794. The molecule has 0 N–H and O–H groups in total. The van der Waals surface area contributed by atoms with Crippen LogP contribution in [0.15, 0.2) is 35.9 Å². The summed E-state index contributed by atoms with van der Waals surface area (Å²) in [6.45, 7) is 5.96. The molecule has 5 rings (SSSR count). The van der Waals surface area contributed by atoms with Crippen molar-refractivity contribution in [3.63, 3.8) is 0 Å². The quantitative estimate of drug-likeness (QED) is 0.652. The Morgan fingerprint density at radius 1 is 0.667 bits per heavy atom. The Bertz CT molecular complexity index is 942. The maximum absolute atomic E-state index is 13.1. The van der Waals surface area contributed by atoms with Crippen LogP contribution in [0.2, 0.25) is 0 Å². The number of anilines is 2. The SMILES string of the molecule is O=C1/C(=C\c2cnc(N3CCOCC3)nc2)CCC/C1=C\c1cnc(N2CCOCC2)nc1. The van der Waals surface area contributed by atoms with Gasteiger partial charge in [0.15, 0.2) is 5.78 Å². The second-order valence-electron chi connectivity index (χ2n) is 8.35. The zero-order valence-electron chi connectivity index (χ0n) is 18.7. The van der Waals surface area contributed by atoms with E-state index in [0.717, 1.165) is 67.7 Å². The maximum Gasteiger partial charge on any atom is 0.225 e. The van der Waals surface area contributed by atoms with Gasteiger partial charge in [-0.05, 0) is 31.4 Å². The number of carbonyl (C=O) groups excluding carboxylic acids is 1. The summed E-state index contributed by atoms with van der Waals surface area (Å²) in [5.74, 6) is 1.49. The molecule has 33 heavy (non-hydrogen) atoms. The van der Waals surface area contributed by atoms with Gasteiger partial charge in [-0.2, -0.15) is 0 Å². The summed E-state index contributed by atoms with van der Waals surface area (Å²) in [4.78, 5) is 35.3. The topological polar surface area (TPSA) is 93.6 Å². The highest BCUT2D eigenvalue weighted by Gasteiger charge is 2.21. The van der Waals surface area contributed by atoms with Crippen LogP contribution in [-0.4, -0.2) is 78.3 Å². The zero-order chi connectivity index (χ0) is 22.5. The third-order valence-corrected chi connectivity index (χ3v) is 6.06. The normalized spacial score (nSPS) is 22.2. The lowest BCUT2D eigenvalue weighted by molar-refractivity contribution is -0.112. The lowest BCUT2D eigenvalue weighted by Crippen LogP contribution is -2.37. The van der Waals surface area contributed by atoms with Gasteiger partial charge >= 0.3 is 0 Å². The van der Waals surface area contributed by atoms with E-state index >= 15 is 0 Å². The van der Waals surface area contributed by atoms with Crippen molar-refractivity contribution in [3.05, 3.63) is 47.1 Å². The van der Waals surface area contributed by atoms with Gasteiger partial charge in [0.05, 0.1) is 26.4 Å². The largest absolute Gasteiger partial charge is 0.378 e. The predicted octanol–water partition coefficient (Wildman–Crippen LogP) is 2.16. The molecule has 0 bridgehead atoms. The summed E-state index contributed by atoms with van der Waals surface area (Å²) in [6, 6.07) is 0. The Morgan fingerprint density at radius 2 is 1.06 bits per heavy atom. The molecule has 0 amide bonds. The first-order valence-corrected chi connectivity index (χ1v) is 11.5. The second kappa shape index (κ2) is 10.2. The summed E-state index contributed by atoms with van der Waals surface area (Å²) in [6.07, 6.45) is 13.4. The van der Waals surface area contributed by atoms with E-state index in [2.05, 4.69) is 29.7 Å². The summed E-state index contributed by atoms with van der Waals surface area (Å²) in [7, 11) is 0. The Balaban J connectivity index is 1.27. The molecule has 4 heterocycles. The molecule has 2 saturated heterocycles. The average molecular weight is 449 g/mol. The number of ketones is 1. The van der Waals surface area contributed by atoms with Gasteiger partial charge in [-0.15, -0.1) is 0 Å². The Hall–Kier alpha value is -3.17. The van der Waals surface area contributed by atoms with E-state index in [4.69, 9.17) is 9.47 Å². The van der Waals surface area contributed by atoms with Crippen LogP contribution >= 0.6 is 0 Å². The first-order valence-electron chi connectivity index (χ1n) is 11.5. The third kappa shape index (κ3) is 5.26. The number of carbonyl (C=O) groups is 1. The third-order valence-electron chi connectivity index (χ3n) is 6.06. The molecule has 3 fully saturated rings. The summed E-state index contributed by atoms with van der Waals surface area (Å²) < 4.78 is 10.8. The van der Waals surface area contributed by atoms with Gasteiger partial charge in [-0.3, -0.25) is 4.79 Å². The molecule has 0 unspecified atom stereocenters. The number of Topliss-reactive ketones (excluding diaryl/α,β-unsaturated/α-hetero) is 1. The van der Waals surface area contributed by atoms with E-state index in [-0.39, 0.29) is 5.78 Å². The number of aromatic nitrogens is 4. The van der Waals surface area contributed by atoms with E-state index in [0.29, 0.717) is 38.3 Å². The molecule has 1 saturated carbocycles. The molecule has 2 aromatic heterocycles. The van der Waals surface area contributed by atoms with Crippen molar-refractivity contribution < 1.29 is 14.3 Å². The van der Waals surface area contributed by atoms with Crippen molar-refractivity contribution in [2.24, 2.45) is 0 Å². The van der Waals surface area contributed by atoms with Crippen molar-refractivity contribution in [2.45, 2.75) is 19.3 Å². The van der Waals surface area contributed by atoms with E-state index in [1.807, 2.05) is 12.2 Å². The predicted molar refractivity (Wildman–Crippen MR) is 125 cm³/mol. The van der Waals surface area contributed by atoms with Gasteiger partial charge in [-0.1, -0.05) is 0 Å². The highest BCUT2D eigenvalue weighted by atomic mass is 16.5. The Kier molecular flexibility index (Phi) is 6.68. The Morgan fingerprint density at radius 3 is 1.45 bits per heavy atom. The first-order chi connectivity index (χ1) is 16.3. The fourth-order valence-corrected chi connectivity index (χ4v) is 4.25. The van der Waals surface area contributed by atoms with Crippen LogP contribution < -0.4 is 9.80 Å². The zero-order valence-corrected chi connectivity index (χ0v) is 18.7.